The highest BCUT2D eigenvalue weighted by atomic mass is 35.5. The van der Waals surface area contributed by atoms with E-state index >= 15 is 0 Å². The summed E-state index contributed by atoms with van der Waals surface area (Å²) in [4.78, 5) is 8.34. The van der Waals surface area contributed by atoms with Gasteiger partial charge in [-0.05, 0) is 74.5 Å². The van der Waals surface area contributed by atoms with E-state index in [1.54, 1.807) is 12.1 Å². The van der Waals surface area contributed by atoms with Gasteiger partial charge in [-0.2, -0.15) is 0 Å². The molecule has 1 N–H and O–H groups in total. The van der Waals surface area contributed by atoms with Gasteiger partial charge in [-0.15, -0.1) is 0 Å². The molecule has 5 aliphatic rings. The fraction of sp³-hybridized carbons (Fsp3) is 0.458. The number of anilines is 1. The lowest BCUT2D eigenvalue weighted by molar-refractivity contribution is -0.116. The minimum Gasteiger partial charge on any atom is -0.733 e. The molecule has 0 aromatic heterocycles. The minimum atomic E-state index is -0.608. The molecule has 1 aliphatic heterocycles. The summed E-state index contributed by atoms with van der Waals surface area (Å²) in [6, 6.07) is 14.9. The molecule has 4 saturated carbocycles. The second-order valence-corrected chi connectivity index (χ2v) is 10.2. The normalized spacial score (nSPS) is 33.4. The average molecular weight is 439 g/mol. The van der Waals surface area contributed by atoms with Crippen LogP contribution in [0.15, 0.2) is 53.7 Å². The zero-order valence-corrected chi connectivity index (χ0v) is 17.9. The summed E-state index contributed by atoms with van der Waals surface area (Å²) in [6.45, 7) is 0. The van der Waals surface area contributed by atoms with E-state index in [2.05, 4.69) is 10.1 Å². The largest absolute Gasteiger partial charge is 0.733 e. The summed E-state index contributed by atoms with van der Waals surface area (Å²) < 4.78 is 0. The molecule has 2 aromatic rings. The molecule has 0 spiro atoms. The molecule has 1 heterocycles. The third-order valence-electron chi connectivity index (χ3n) is 7.71. The number of oxime groups is 1. The smallest absolute Gasteiger partial charge is 0.229 e. The zero-order chi connectivity index (χ0) is 21.2. The Morgan fingerprint density at radius 3 is 2.29 bits per heavy atom. The van der Waals surface area contributed by atoms with Crippen LogP contribution in [0.1, 0.15) is 55.9 Å². The van der Waals surface area contributed by atoms with E-state index in [0.29, 0.717) is 10.6 Å². The van der Waals surface area contributed by atoms with Crippen LogP contribution in [0.3, 0.4) is 0 Å². The van der Waals surface area contributed by atoms with Gasteiger partial charge in [0.2, 0.25) is 6.23 Å². The molecule has 2 aromatic carbocycles. The molecule has 162 valence electrons. The van der Waals surface area contributed by atoms with Gasteiger partial charge in [0, 0.05) is 21.7 Å². The summed E-state index contributed by atoms with van der Waals surface area (Å²) in [5, 5.41) is 26.7. The van der Waals surface area contributed by atoms with Crippen molar-refractivity contribution in [1.29, 1.82) is 0 Å². The molecule has 4 aliphatic carbocycles. The standard InChI is InChI=1S/C24H25ClN3O3/c25-19-6-7-21(28(29)30)20(11-19)23-27(22(26-31-23)18-4-2-1-3-5-18)24-12-15-8-16(13-24)10-17(9-15)14-24/h1-7,11,15-17,23,29H,8-10,12-14H2/q-1. The SMILES string of the molecule is [O-]N(O)c1ccc(Cl)cc1C1ON=C(c2ccccc2)N1C12CC3CC(CC(C3)C1)C2. The van der Waals surface area contributed by atoms with Gasteiger partial charge in [0.05, 0.1) is 5.69 Å². The molecule has 31 heavy (non-hydrogen) atoms. The average Bonchev–Trinajstić information content (AvgIpc) is 3.19. The lowest BCUT2D eigenvalue weighted by atomic mass is 9.52. The molecular formula is C24H25ClN3O3-. The van der Waals surface area contributed by atoms with Gasteiger partial charge in [0.25, 0.3) is 0 Å². The molecule has 0 radical (unpaired) electrons. The Kier molecular flexibility index (Phi) is 4.46. The molecular weight excluding hydrogens is 414 g/mol. The van der Waals surface area contributed by atoms with E-state index in [9.17, 15) is 10.4 Å². The van der Waals surface area contributed by atoms with E-state index in [1.165, 1.54) is 25.3 Å². The maximum absolute atomic E-state index is 12.0. The Hall–Kier alpha value is -2.28. The van der Waals surface area contributed by atoms with E-state index in [1.807, 2.05) is 30.3 Å². The topological polar surface area (TPSA) is 71.4 Å². The molecule has 4 bridgehead atoms. The lowest BCUT2D eigenvalue weighted by Crippen LogP contribution is -2.61. The first-order valence-electron chi connectivity index (χ1n) is 11.1. The van der Waals surface area contributed by atoms with Crippen LogP contribution in [0, 0.1) is 23.0 Å². The van der Waals surface area contributed by atoms with Crippen molar-refractivity contribution >= 4 is 23.1 Å². The Morgan fingerprint density at radius 2 is 1.68 bits per heavy atom. The Morgan fingerprint density at radius 1 is 1.03 bits per heavy atom. The highest BCUT2D eigenvalue weighted by Crippen LogP contribution is 2.60. The molecule has 7 heteroatoms. The summed E-state index contributed by atoms with van der Waals surface area (Å²) >= 11 is 6.31. The number of nitrogens with zero attached hydrogens (tertiary/aromatic N) is 3. The van der Waals surface area contributed by atoms with Crippen molar-refractivity contribution in [3.63, 3.8) is 0 Å². The van der Waals surface area contributed by atoms with Crippen LogP contribution in [-0.4, -0.2) is 21.5 Å². The van der Waals surface area contributed by atoms with Gasteiger partial charge in [0.1, 0.15) is 0 Å². The molecule has 6 nitrogen and oxygen atoms in total. The van der Waals surface area contributed by atoms with E-state index in [4.69, 9.17) is 16.4 Å². The second-order valence-electron chi connectivity index (χ2n) is 9.73. The van der Waals surface area contributed by atoms with Gasteiger partial charge in [-0.1, -0.05) is 47.1 Å². The van der Waals surface area contributed by atoms with Crippen LogP contribution in [0.2, 0.25) is 5.02 Å². The fourth-order valence-electron chi connectivity index (χ4n) is 7.01. The number of rotatable bonds is 4. The van der Waals surface area contributed by atoms with Gasteiger partial charge in [-0.3, -0.25) is 5.21 Å². The van der Waals surface area contributed by atoms with Crippen molar-refractivity contribution in [3.05, 3.63) is 69.9 Å². The minimum absolute atomic E-state index is 0.0622. The first kappa shape index (κ1) is 19.4. The maximum atomic E-state index is 12.0. The van der Waals surface area contributed by atoms with Gasteiger partial charge < -0.3 is 20.2 Å². The van der Waals surface area contributed by atoms with Crippen LogP contribution in [0.4, 0.5) is 5.69 Å². The second kappa shape index (κ2) is 7.12. The Bertz CT molecular complexity index is 991. The summed E-state index contributed by atoms with van der Waals surface area (Å²) in [5.74, 6) is 3.00. The predicted octanol–water partition coefficient (Wildman–Crippen LogP) is 5.69. The van der Waals surface area contributed by atoms with Crippen molar-refractivity contribution in [2.24, 2.45) is 22.9 Å². The monoisotopic (exact) mass is 438 g/mol. The van der Waals surface area contributed by atoms with E-state index in [-0.39, 0.29) is 16.5 Å². The molecule has 4 fully saturated rings. The predicted molar refractivity (Wildman–Crippen MR) is 119 cm³/mol. The first-order chi connectivity index (χ1) is 15.0. The highest BCUT2D eigenvalue weighted by Gasteiger charge is 2.57. The fourth-order valence-corrected chi connectivity index (χ4v) is 7.19. The van der Waals surface area contributed by atoms with Gasteiger partial charge >= 0.3 is 0 Å². The highest BCUT2D eigenvalue weighted by molar-refractivity contribution is 6.30. The summed E-state index contributed by atoms with van der Waals surface area (Å²) in [7, 11) is 0. The summed E-state index contributed by atoms with van der Waals surface area (Å²) in [5.41, 5.74) is 1.60. The molecule has 0 amide bonds. The van der Waals surface area contributed by atoms with Gasteiger partial charge in [-0.25, -0.2) is 0 Å². The maximum Gasteiger partial charge on any atom is 0.229 e. The molecule has 7 rings (SSSR count). The van der Waals surface area contributed by atoms with Crippen molar-refractivity contribution in [3.8, 4) is 0 Å². The lowest BCUT2D eigenvalue weighted by Gasteiger charge is -2.60. The third kappa shape index (κ3) is 3.12. The molecule has 0 saturated heterocycles. The van der Waals surface area contributed by atoms with Crippen LogP contribution in [0.5, 0.6) is 0 Å². The van der Waals surface area contributed by atoms with Crippen LogP contribution >= 0.6 is 11.6 Å². The molecule has 1 atom stereocenters. The Labute approximate surface area is 186 Å². The van der Waals surface area contributed by atoms with Crippen LogP contribution in [-0.2, 0) is 4.84 Å². The number of amidine groups is 1. The number of hydrogen-bond acceptors (Lipinski definition) is 6. The van der Waals surface area contributed by atoms with Crippen molar-refractivity contribution in [1.82, 2.24) is 4.90 Å². The number of halogens is 1. The third-order valence-corrected chi connectivity index (χ3v) is 7.95. The summed E-state index contributed by atoms with van der Waals surface area (Å²) in [6.07, 6.45) is 6.70. The zero-order valence-electron chi connectivity index (χ0n) is 17.2. The van der Waals surface area contributed by atoms with Crippen molar-refractivity contribution in [2.45, 2.75) is 50.3 Å². The molecule has 1 unspecified atom stereocenters. The van der Waals surface area contributed by atoms with Gasteiger partial charge in [0.15, 0.2) is 5.84 Å². The van der Waals surface area contributed by atoms with Crippen LogP contribution < -0.4 is 5.23 Å². The quantitative estimate of drug-likeness (QED) is 0.620. The van der Waals surface area contributed by atoms with E-state index in [0.717, 1.165) is 48.4 Å². The van der Waals surface area contributed by atoms with E-state index < -0.39 is 6.23 Å². The number of hydrogen-bond donors (Lipinski definition) is 1. The van der Waals surface area contributed by atoms with Crippen LogP contribution in [0.25, 0.3) is 0 Å². The first-order valence-corrected chi connectivity index (χ1v) is 11.4. The van der Waals surface area contributed by atoms with Crippen molar-refractivity contribution < 1.29 is 10.0 Å². The number of benzene rings is 2. The Balaban J connectivity index is 1.48. The van der Waals surface area contributed by atoms with Crippen molar-refractivity contribution in [2.75, 3.05) is 5.23 Å².